The highest BCUT2D eigenvalue weighted by molar-refractivity contribution is 7.99. The number of nitrogens with one attached hydrogen (secondary N) is 1. The molecule has 0 bridgehead atoms. The maximum absolute atomic E-state index is 13.1. The predicted molar refractivity (Wildman–Crippen MR) is 130 cm³/mol. The SMILES string of the molecule is CC1(c2cccc3ccccc23)C(=O)NC(=O)N1Cc1cccc(C(=O)N2CCSCC2)c1. The molecule has 0 spiro atoms. The van der Waals surface area contributed by atoms with Crippen molar-refractivity contribution in [3.05, 3.63) is 83.4 Å². The summed E-state index contributed by atoms with van der Waals surface area (Å²) >= 11 is 1.86. The molecule has 1 N–H and O–H groups in total. The van der Waals surface area contributed by atoms with Crippen molar-refractivity contribution in [2.75, 3.05) is 24.6 Å². The fraction of sp³-hybridized carbons (Fsp3) is 0.269. The van der Waals surface area contributed by atoms with Crippen molar-refractivity contribution in [2.24, 2.45) is 0 Å². The second-order valence-electron chi connectivity index (χ2n) is 8.55. The van der Waals surface area contributed by atoms with E-state index in [1.165, 1.54) is 0 Å². The third kappa shape index (κ3) is 3.76. The van der Waals surface area contributed by atoms with E-state index >= 15 is 0 Å². The first kappa shape index (κ1) is 21.5. The van der Waals surface area contributed by atoms with E-state index in [2.05, 4.69) is 5.32 Å². The van der Waals surface area contributed by atoms with Crippen LogP contribution >= 0.6 is 11.8 Å². The van der Waals surface area contributed by atoms with Crippen molar-refractivity contribution < 1.29 is 14.4 Å². The number of benzene rings is 3. The van der Waals surface area contributed by atoms with Crippen LogP contribution in [0.5, 0.6) is 0 Å². The number of imide groups is 1. The highest BCUT2D eigenvalue weighted by Crippen LogP contribution is 2.38. The Balaban J connectivity index is 1.49. The van der Waals surface area contributed by atoms with Gasteiger partial charge in [-0.25, -0.2) is 4.79 Å². The molecule has 2 saturated heterocycles. The van der Waals surface area contributed by atoms with Gasteiger partial charge in [-0.05, 0) is 41.0 Å². The Morgan fingerprint density at radius 1 is 1.00 bits per heavy atom. The van der Waals surface area contributed by atoms with Crippen molar-refractivity contribution >= 4 is 40.4 Å². The highest BCUT2D eigenvalue weighted by atomic mass is 32.2. The van der Waals surface area contributed by atoms with Gasteiger partial charge in [-0.3, -0.25) is 14.9 Å². The van der Waals surface area contributed by atoms with Crippen molar-refractivity contribution in [1.82, 2.24) is 15.1 Å². The van der Waals surface area contributed by atoms with Gasteiger partial charge in [-0.15, -0.1) is 0 Å². The van der Waals surface area contributed by atoms with E-state index in [9.17, 15) is 14.4 Å². The van der Waals surface area contributed by atoms with Crippen molar-refractivity contribution in [3.8, 4) is 0 Å². The molecule has 4 amide bonds. The van der Waals surface area contributed by atoms with Gasteiger partial charge in [0.05, 0.1) is 0 Å². The van der Waals surface area contributed by atoms with Gasteiger partial charge >= 0.3 is 6.03 Å². The summed E-state index contributed by atoms with van der Waals surface area (Å²) in [6.07, 6.45) is 0. The molecule has 2 fully saturated rings. The molecule has 0 saturated carbocycles. The third-order valence-corrected chi connectivity index (χ3v) is 7.52. The zero-order chi connectivity index (χ0) is 23.0. The fourth-order valence-corrected chi connectivity index (χ4v) is 5.60. The number of urea groups is 1. The first-order chi connectivity index (χ1) is 16.0. The Hall–Kier alpha value is -3.32. The maximum atomic E-state index is 13.1. The molecule has 0 aliphatic carbocycles. The van der Waals surface area contributed by atoms with E-state index < -0.39 is 11.6 Å². The van der Waals surface area contributed by atoms with E-state index in [-0.39, 0.29) is 18.4 Å². The van der Waals surface area contributed by atoms with Gasteiger partial charge in [-0.1, -0.05) is 54.6 Å². The first-order valence-electron chi connectivity index (χ1n) is 11.1. The Kier molecular flexibility index (Phi) is 5.58. The van der Waals surface area contributed by atoms with E-state index in [1.807, 2.05) is 83.4 Å². The highest BCUT2D eigenvalue weighted by Gasteiger charge is 2.51. The lowest BCUT2D eigenvalue weighted by molar-refractivity contribution is -0.126. The molecule has 3 aromatic rings. The molecule has 6 nitrogen and oxygen atoms in total. The van der Waals surface area contributed by atoms with Gasteiger partial charge in [0.15, 0.2) is 0 Å². The molecule has 33 heavy (non-hydrogen) atoms. The average molecular weight is 460 g/mol. The minimum Gasteiger partial charge on any atom is -0.337 e. The van der Waals surface area contributed by atoms with Crippen LogP contribution in [0.4, 0.5) is 4.79 Å². The van der Waals surface area contributed by atoms with Crippen LogP contribution in [0.3, 0.4) is 0 Å². The molecule has 168 valence electrons. The second kappa shape index (κ2) is 8.56. The van der Waals surface area contributed by atoms with E-state index in [0.717, 1.165) is 46.5 Å². The number of amides is 4. The monoisotopic (exact) mass is 459 g/mol. The van der Waals surface area contributed by atoms with Crippen LogP contribution in [0.25, 0.3) is 10.8 Å². The quantitative estimate of drug-likeness (QED) is 0.599. The Bertz CT molecular complexity index is 1250. The number of hydrogen-bond acceptors (Lipinski definition) is 4. The summed E-state index contributed by atoms with van der Waals surface area (Å²) in [5.41, 5.74) is 1.03. The van der Waals surface area contributed by atoms with Crippen molar-refractivity contribution in [1.29, 1.82) is 0 Å². The number of carbonyl (C=O) groups excluding carboxylic acids is 3. The fourth-order valence-electron chi connectivity index (χ4n) is 4.69. The van der Waals surface area contributed by atoms with Crippen LogP contribution in [0.1, 0.15) is 28.4 Å². The van der Waals surface area contributed by atoms with Crippen molar-refractivity contribution in [2.45, 2.75) is 19.0 Å². The van der Waals surface area contributed by atoms with Crippen LogP contribution in [0.15, 0.2) is 66.7 Å². The summed E-state index contributed by atoms with van der Waals surface area (Å²) in [6, 6.07) is 20.6. The summed E-state index contributed by atoms with van der Waals surface area (Å²) in [5, 5.41) is 4.44. The first-order valence-corrected chi connectivity index (χ1v) is 12.2. The number of thioether (sulfide) groups is 1. The summed E-state index contributed by atoms with van der Waals surface area (Å²) in [4.78, 5) is 42.4. The Morgan fingerprint density at radius 3 is 2.55 bits per heavy atom. The second-order valence-corrected chi connectivity index (χ2v) is 9.77. The molecule has 2 heterocycles. The summed E-state index contributed by atoms with van der Waals surface area (Å²) in [6.45, 7) is 3.50. The number of rotatable bonds is 4. The smallest absolute Gasteiger partial charge is 0.325 e. The normalized spacial score (nSPS) is 20.9. The summed E-state index contributed by atoms with van der Waals surface area (Å²) in [5.74, 6) is 1.56. The van der Waals surface area contributed by atoms with Gasteiger partial charge in [0.1, 0.15) is 5.54 Å². The molecule has 5 rings (SSSR count). The zero-order valence-electron chi connectivity index (χ0n) is 18.4. The molecule has 1 unspecified atom stereocenters. The molecular formula is C26H25N3O3S. The largest absolute Gasteiger partial charge is 0.337 e. The molecule has 7 heteroatoms. The molecule has 3 aromatic carbocycles. The lowest BCUT2D eigenvalue weighted by Gasteiger charge is -2.33. The number of fused-ring (bicyclic) bond motifs is 1. The van der Waals surface area contributed by atoms with E-state index in [1.54, 1.807) is 11.8 Å². The van der Waals surface area contributed by atoms with Crippen LogP contribution < -0.4 is 5.32 Å². The Morgan fingerprint density at radius 2 is 1.73 bits per heavy atom. The maximum Gasteiger partial charge on any atom is 0.325 e. The van der Waals surface area contributed by atoms with Gasteiger partial charge < -0.3 is 9.80 Å². The minimum absolute atomic E-state index is 0.0101. The number of hydrogen-bond donors (Lipinski definition) is 1. The van der Waals surface area contributed by atoms with Gasteiger partial charge in [0.25, 0.3) is 11.8 Å². The topological polar surface area (TPSA) is 69.7 Å². The van der Waals surface area contributed by atoms with Gasteiger partial charge in [-0.2, -0.15) is 11.8 Å². The summed E-state index contributed by atoms with van der Waals surface area (Å²) in [7, 11) is 0. The Labute approximate surface area is 196 Å². The summed E-state index contributed by atoms with van der Waals surface area (Å²) < 4.78 is 0. The lowest BCUT2D eigenvalue weighted by Crippen LogP contribution is -2.44. The van der Waals surface area contributed by atoms with E-state index in [0.29, 0.717) is 5.56 Å². The minimum atomic E-state index is -1.16. The lowest BCUT2D eigenvalue weighted by atomic mass is 9.86. The molecule has 0 aromatic heterocycles. The molecule has 0 radical (unpaired) electrons. The molecular weight excluding hydrogens is 434 g/mol. The third-order valence-electron chi connectivity index (χ3n) is 6.57. The average Bonchev–Trinajstić information content (AvgIpc) is 3.07. The number of nitrogens with zero attached hydrogens (tertiary/aromatic N) is 2. The van der Waals surface area contributed by atoms with Crippen LogP contribution in [-0.4, -0.2) is 52.2 Å². The molecule has 2 aliphatic rings. The predicted octanol–water partition coefficient (Wildman–Crippen LogP) is 4.00. The molecule has 2 aliphatic heterocycles. The molecule has 1 atom stereocenters. The van der Waals surface area contributed by atoms with Crippen LogP contribution in [-0.2, 0) is 16.9 Å². The van der Waals surface area contributed by atoms with Gasteiger partial charge in [0, 0.05) is 36.7 Å². The van der Waals surface area contributed by atoms with Crippen LogP contribution in [0.2, 0.25) is 0 Å². The van der Waals surface area contributed by atoms with Crippen LogP contribution in [0, 0.1) is 0 Å². The van der Waals surface area contributed by atoms with Gasteiger partial charge in [0.2, 0.25) is 0 Å². The zero-order valence-corrected chi connectivity index (χ0v) is 19.2. The van der Waals surface area contributed by atoms with E-state index in [4.69, 9.17) is 0 Å². The van der Waals surface area contributed by atoms with Crippen molar-refractivity contribution in [3.63, 3.8) is 0 Å². The number of carbonyl (C=O) groups is 3. The standard InChI is InChI=1S/C26H25N3O3S/c1-26(22-11-5-8-19-7-2-3-10-21(19)22)24(31)27-25(32)29(26)17-18-6-4-9-20(16-18)23(30)28-12-14-33-15-13-28/h2-11,16H,12-15,17H2,1H3,(H,27,31,32).